The third-order valence-corrected chi connectivity index (χ3v) is 20.7. The first-order valence-corrected chi connectivity index (χ1v) is 40.9. The van der Waals surface area contributed by atoms with Gasteiger partial charge in [0.2, 0.25) is 0 Å². The van der Waals surface area contributed by atoms with Crippen LogP contribution in [0.4, 0.5) is 0 Å². The zero-order chi connectivity index (χ0) is 66.0. The molecular weight excluding hydrogens is 1210 g/mol. The first-order chi connectivity index (χ1) is 42.0. The van der Waals surface area contributed by atoms with Gasteiger partial charge in [-0.2, -0.15) is 0 Å². The average molecular weight is 1350 g/mol. The molecule has 20 nitrogen and oxygen atoms in total. The maximum absolute atomic E-state index is 14.2. The molecule has 0 saturated carbocycles. The quantitative estimate of drug-likeness (QED) is 0.0280. The maximum atomic E-state index is 14.2. The van der Waals surface area contributed by atoms with Crippen molar-refractivity contribution in [3.8, 4) is 0 Å². The summed E-state index contributed by atoms with van der Waals surface area (Å²) in [6.07, 6.45) is 28.4. The number of rotatable bonds is 68. The molecule has 0 heterocycles. The van der Waals surface area contributed by atoms with Crippen molar-refractivity contribution in [1.29, 1.82) is 0 Å². The Kier molecular flexibility index (Phi) is 53.6. The highest BCUT2D eigenvalue weighted by atomic mass is 31.2. The van der Waals surface area contributed by atoms with E-state index < -0.39 is 69.4 Å². The van der Waals surface area contributed by atoms with Crippen LogP contribution in [0.15, 0.2) is 0 Å². The number of aliphatic hydroxyl groups excluding tert-OH is 1. The molecule has 24 heteroatoms. The lowest BCUT2D eigenvalue weighted by atomic mass is 9.75. The minimum absolute atomic E-state index is 0.0296. The van der Waals surface area contributed by atoms with E-state index in [1.807, 2.05) is 0 Å². The molecule has 0 fully saturated rings. The van der Waals surface area contributed by atoms with Gasteiger partial charge in [0.1, 0.15) is 18.3 Å². The minimum atomic E-state index is -5.21. The largest absolute Gasteiger partial charge is 0.472 e. The van der Waals surface area contributed by atoms with Crippen LogP contribution < -0.4 is 0 Å². The van der Waals surface area contributed by atoms with E-state index in [0.29, 0.717) is 45.3 Å². The third-order valence-electron chi connectivity index (χ3n) is 16.6. The van der Waals surface area contributed by atoms with Gasteiger partial charge in [0.15, 0.2) is 0 Å². The predicted octanol–water partition coefficient (Wildman–Crippen LogP) is 18.9. The molecule has 0 bridgehead atoms. The number of ether oxygens (including phenoxy) is 3. The molecule has 5 N–H and O–H groups in total. The van der Waals surface area contributed by atoms with Crippen molar-refractivity contribution < 1.29 is 93.3 Å². The third kappa shape index (κ3) is 45.6. The van der Waals surface area contributed by atoms with Gasteiger partial charge in [0, 0.05) is 6.61 Å². The molecule has 7 unspecified atom stereocenters. The fourth-order valence-electron chi connectivity index (χ4n) is 11.1. The Morgan fingerprint density at radius 2 is 0.511 bits per heavy atom. The Labute approximate surface area is 536 Å². The lowest BCUT2D eigenvalue weighted by Gasteiger charge is -2.35. The van der Waals surface area contributed by atoms with Crippen LogP contribution in [-0.2, 0) is 68.7 Å². The molecular formula is C64H134O20P4. The van der Waals surface area contributed by atoms with Gasteiger partial charge >= 0.3 is 31.3 Å². The monoisotopic (exact) mass is 1350 g/mol. The summed E-state index contributed by atoms with van der Waals surface area (Å²) in [5.74, 6) is 0. The Hall–Kier alpha value is 0.280. The van der Waals surface area contributed by atoms with Crippen LogP contribution in [0, 0.1) is 16.2 Å². The van der Waals surface area contributed by atoms with E-state index in [1.54, 1.807) is 0 Å². The van der Waals surface area contributed by atoms with Gasteiger partial charge in [-0.3, -0.25) is 36.2 Å². The van der Waals surface area contributed by atoms with Crippen LogP contribution in [0.3, 0.4) is 0 Å². The number of unbranched alkanes of at least 4 members (excludes halogenated alkanes) is 16. The molecule has 0 aliphatic rings. The molecule has 0 saturated heterocycles. The molecule has 0 aliphatic carbocycles. The van der Waals surface area contributed by atoms with Crippen LogP contribution >= 0.6 is 31.3 Å². The first kappa shape index (κ1) is 88.3. The number of phosphoric acid groups is 4. The molecule has 0 amide bonds. The molecule has 530 valence electrons. The van der Waals surface area contributed by atoms with Crippen molar-refractivity contribution in [2.75, 3.05) is 79.3 Å². The normalized spacial score (nSPS) is 16.5. The van der Waals surface area contributed by atoms with Crippen LogP contribution in [0.25, 0.3) is 0 Å². The van der Waals surface area contributed by atoms with Gasteiger partial charge < -0.3 is 38.9 Å². The molecule has 0 aromatic carbocycles. The minimum Gasteiger partial charge on any atom is -0.396 e. The standard InChI is InChI=1S/C64H134O20P4/c1-11-21-31-33-36-48-77-85(66,67)79-53-59(50-74-56-62(38-22-12-2,39-23-13-3)40-24-14-4)83-87(70,71)81-55-61(52-76-58-64(44-28-18-8,45-29-19-9)46-30-20-10)84-88(72,73)80-54-60(82-86(68,69)78-49-37-34-32-35-47-65)51-75-57-63(41-25-15-5,42-26-16-6)43-27-17-7/h59-61,65H,11-58H2,1-10H3,(H,66,67)(H,68,69)(H,70,71)(H,72,73). The number of aliphatic hydroxyl groups is 1. The van der Waals surface area contributed by atoms with Crippen LogP contribution in [0.1, 0.15) is 300 Å². The van der Waals surface area contributed by atoms with Gasteiger partial charge in [-0.1, -0.05) is 223 Å². The predicted molar refractivity (Wildman–Crippen MR) is 353 cm³/mol. The summed E-state index contributed by atoms with van der Waals surface area (Å²) in [6, 6.07) is 0. The second-order valence-electron chi connectivity index (χ2n) is 25.1. The molecule has 0 rings (SSSR count). The Morgan fingerprint density at radius 1 is 0.284 bits per heavy atom. The number of hydrogen-bond acceptors (Lipinski definition) is 16. The summed E-state index contributed by atoms with van der Waals surface area (Å²) < 4.78 is 119. The fourth-order valence-corrected chi connectivity index (χ4v) is 14.7. The van der Waals surface area contributed by atoms with Gasteiger partial charge in [-0.25, -0.2) is 18.3 Å². The highest BCUT2D eigenvalue weighted by Gasteiger charge is 2.38. The smallest absolute Gasteiger partial charge is 0.396 e. The molecule has 0 aromatic rings. The summed E-state index contributed by atoms with van der Waals surface area (Å²) in [7, 11) is -19.9. The van der Waals surface area contributed by atoms with E-state index in [0.717, 1.165) is 199 Å². The highest BCUT2D eigenvalue weighted by Crippen LogP contribution is 2.51. The number of phosphoric ester groups is 4. The summed E-state index contributed by atoms with van der Waals surface area (Å²) in [6.45, 7) is 18.9. The lowest BCUT2D eigenvalue weighted by Crippen LogP contribution is -2.33. The van der Waals surface area contributed by atoms with E-state index in [9.17, 15) is 42.9 Å². The van der Waals surface area contributed by atoms with Crippen molar-refractivity contribution >= 4 is 31.3 Å². The molecule has 0 radical (unpaired) electrons. The summed E-state index contributed by atoms with van der Waals surface area (Å²) in [4.78, 5) is 44.8. The maximum Gasteiger partial charge on any atom is 0.472 e. The SMILES string of the molecule is CCCCCCCOP(=O)(O)OCC(COCC(CCCC)(CCCC)CCCC)OP(=O)(O)OCC(COCC(CCCC)(CCCC)CCCC)OP(=O)(O)OCC(COCC(CCCC)(CCCC)CCCC)OP(=O)(O)OCCCCCCO. The Balaban J connectivity index is 7.23. The van der Waals surface area contributed by atoms with Crippen molar-refractivity contribution in [3.05, 3.63) is 0 Å². The van der Waals surface area contributed by atoms with Crippen molar-refractivity contribution in [3.63, 3.8) is 0 Å². The van der Waals surface area contributed by atoms with E-state index in [2.05, 4.69) is 69.2 Å². The van der Waals surface area contributed by atoms with E-state index in [1.165, 1.54) is 0 Å². The summed E-state index contributed by atoms with van der Waals surface area (Å²) >= 11 is 0. The van der Waals surface area contributed by atoms with Crippen LogP contribution in [-0.4, -0.2) is 122 Å². The number of hydrogen-bond donors (Lipinski definition) is 5. The summed E-state index contributed by atoms with van der Waals surface area (Å²) in [5, 5.41) is 9.19. The lowest BCUT2D eigenvalue weighted by molar-refractivity contribution is -0.0544. The average Bonchev–Trinajstić information content (AvgIpc) is 3.51. The molecule has 88 heavy (non-hydrogen) atoms. The summed E-state index contributed by atoms with van der Waals surface area (Å²) in [5.41, 5.74) is -0.542. The van der Waals surface area contributed by atoms with Gasteiger partial charge in [-0.15, -0.1) is 0 Å². The van der Waals surface area contributed by atoms with E-state index >= 15 is 0 Å². The zero-order valence-electron chi connectivity index (χ0n) is 57.3. The second kappa shape index (κ2) is 53.4. The molecule has 0 aliphatic heterocycles. The van der Waals surface area contributed by atoms with Crippen molar-refractivity contribution in [2.45, 2.75) is 319 Å². The molecule has 0 aromatic heterocycles. The van der Waals surface area contributed by atoms with Gasteiger partial charge in [-0.05, 0) is 93.3 Å². The zero-order valence-corrected chi connectivity index (χ0v) is 60.9. The fraction of sp³-hybridized carbons (Fsp3) is 1.00. The Morgan fingerprint density at radius 3 is 0.773 bits per heavy atom. The van der Waals surface area contributed by atoms with Crippen molar-refractivity contribution in [1.82, 2.24) is 0 Å². The van der Waals surface area contributed by atoms with Gasteiger partial charge in [0.25, 0.3) is 0 Å². The Bertz CT molecular complexity index is 1750. The second-order valence-corrected chi connectivity index (χ2v) is 30.8. The van der Waals surface area contributed by atoms with Gasteiger partial charge in [0.05, 0.1) is 72.7 Å². The van der Waals surface area contributed by atoms with E-state index in [-0.39, 0.29) is 62.5 Å². The topological polar surface area (TPSA) is 271 Å². The van der Waals surface area contributed by atoms with Crippen LogP contribution in [0.5, 0.6) is 0 Å². The van der Waals surface area contributed by atoms with Crippen LogP contribution in [0.2, 0.25) is 0 Å². The van der Waals surface area contributed by atoms with Crippen molar-refractivity contribution in [2.24, 2.45) is 16.2 Å². The highest BCUT2D eigenvalue weighted by molar-refractivity contribution is 7.48. The molecule has 7 atom stereocenters. The van der Waals surface area contributed by atoms with E-state index in [4.69, 9.17) is 50.4 Å². The first-order valence-electron chi connectivity index (χ1n) is 35.0. The molecule has 0 spiro atoms.